The van der Waals surface area contributed by atoms with Gasteiger partial charge in [0.1, 0.15) is 11.6 Å². The highest BCUT2D eigenvalue weighted by Crippen LogP contribution is 2.19. The number of carbonyl (C=O) groups is 1. The van der Waals surface area contributed by atoms with E-state index in [0.29, 0.717) is 29.5 Å². The van der Waals surface area contributed by atoms with Gasteiger partial charge in [-0.05, 0) is 30.7 Å². The number of rotatable bonds is 5. The average molecular weight is 347 g/mol. The van der Waals surface area contributed by atoms with E-state index in [2.05, 4.69) is 25.8 Å². The van der Waals surface area contributed by atoms with Crippen molar-refractivity contribution in [3.63, 3.8) is 0 Å². The van der Waals surface area contributed by atoms with Crippen molar-refractivity contribution in [2.45, 2.75) is 13.3 Å². The van der Waals surface area contributed by atoms with Gasteiger partial charge in [-0.25, -0.2) is 4.98 Å². The SMILES string of the molecule is Cc1cc(Nc2ccc(NC(=O)Cc3c[nH]c4ccccc34)cn2)no1. The Morgan fingerprint density at radius 2 is 2.08 bits per heavy atom. The van der Waals surface area contributed by atoms with Crippen LogP contribution in [0.5, 0.6) is 0 Å². The number of para-hydroxylation sites is 1. The van der Waals surface area contributed by atoms with Gasteiger partial charge >= 0.3 is 0 Å². The summed E-state index contributed by atoms with van der Waals surface area (Å²) in [4.78, 5) is 19.8. The van der Waals surface area contributed by atoms with E-state index < -0.39 is 0 Å². The van der Waals surface area contributed by atoms with Gasteiger partial charge in [-0.1, -0.05) is 23.4 Å². The summed E-state index contributed by atoms with van der Waals surface area (Å²) in [5.74, 6) is 1.83. The smallest absolute Gasteiger partial charge is 0.228 e. The monoisotopic (exact) mass is 347 g/mol. The standard InChI is InChI=1S/C19H17N5O2/c1-12-8-18(24-26-12)23-17-7-6-14(11-21-17)22-19(25)9-13-10-20-16-5-3-2-4-15(13)16/h2-8,10-11,20H,9H2,1H3,(H,22,25)(H,21,23,24). The number of aromatic nitrogens is 3. The predicted molar refractivity (Wildman–Crippen MR) is 99.4 cm³/mol. The molecule has 0 atom stereocenters. The van der Waals surface area contributed by atoms with Crippen LogP contribution in [0.1, 0.15) is 11.3 Å². The lowest BCUT2D eigenvalue weighted by molar-refractivity contribution is -0.115. The van der Waals surface area contributed by atoms with E-state index >= 15 is 0 Å². The molecule has 4 rings (SSSR count). The molecule has 7 nitrogen and oxygen atoms in total. The van der Waals surface area contributed by atoms with Crippen molar-refractivity contribution in [1.82, 2.24) is 15.1 Å². The molecule has 0 aliphatic rings. The Morgan fingerprint density at radius 1 is 1.19 bits per heavy atom. The minimum Gasteiger partial charge on any atom is -0.361 e. The summed E-state index contributed by atoms with van der Waals surface area (Å²) in [5.41, 5.74) is 2.62. The second kappa shape index (κ2) is 6.72. The number of aryl methyl sites for hydroxylation is 1. The van der Waals surface area contributed by atoms with Crippen LogP contribution < -0.4 is 10.6 Å². The molecule has 0 radical (unpaired) electrons. The van der Waals surface area contributed by atoms with Gasteiger partial charge in [0.2, 0.25) is 5.91 Å². The Bertz CT molecular complexity index is 1050. The molecule has 0 aliphatic carbocycles. The van der Waals surface area contributed by atoms with Crippen molar-refractivity contribution in [3.8, 4) is 0 Å². The number of fused-ring (bicyclic) bond motifs is 1. The summed E-state index contributed by atoms with van der Waals surface area (Å²) < 4.78 is 4.99. The lowest BCUT2D eigenvalue weighted by Crippen LogP contribution is -2.14. The molecule has 1 amide bonds. The largest absolute Gasteiger partial charge is 0.361 e. The molecule has 130 valence electrons. The highest BCUT2D eigenvalue weighted by atomic mass is 16.5. The topological polar surface area (TPSA) is 95.8 Å². The van der Waals surface area contributed by atoms with Crippen LogP contribution in [0.3, 0.4) is 0 Å². The van der Waals surface area contributed by atoms with E-state index in [1.54, 1.807) is 24.4 Å². The summed E-state index contributed by atoms with van der Waals surface area (Å²) in [6.45, 7) is 1.82. The van der Waals surface area contributed by atoms with Crippen molar-refractivity contribution in [2.75, 3.05) is 10.6 Å². The Morgan fingerprint density at radius 3 is 2.85 bits per heavy atom. The van der Waals surface area contributed by atoms with Crippen molar-refractivity contribution in [2.24, 2.45) is 0 Å². The average Bonchev–Trinajstić information content (AvgIpc) is 3.23. The summed E-state index contributed by atoms with van der Waals surface area (Å²) in [5, 5.41) is 10.8. The van der Waals surface area contributed by atoms with Crippen LogP contribution in [-0.4, -0.2) is 21.0 Å². The number of amides is 1. The van der Waals surface area contributed by atoms with Gasteiger partial charge in [0, 0.05) is 23.2 Å². The normalized spacial score (nSPS) is 10.8. The van der Waals surface area contributed by atoms with Crippen molar-refractivity contribution in [1.29, 1.82) is 0 Å². The first-order valence-corrected chi connectivity index (χ1v) is 8.18. The molecule has 0 unspecified atom stereocenters. The van der Waals surface area contributed by atoms with Crippen LogP contribution in [-0.2, 0) is 11.2 Å². The van der Waals surface area contributed by atoms with Crippen molar-refractivity contribution < 1.29 is 9.32 Å². The predicted octanol–water partition coefficient (Wildman–Crippen LogP) is 3.78. The molecule has 4 aromatic rings. The minimum atomic E-state index is -0.0932. The third kappa shape index (κ3) is 3.41. The molecule has 0 saturated carbocycles. The fourth-order valence-corrected chi connectivity index (χ4v) is 2.75. The first kappa shape index (κ1) is 15.9. The second-order valence-electron chi connectivity index (χ2n) is 5.96. The second-order valence-corrected chi connectivity index (χ2v) is 5.96. The molecule has 3 aromatic heterocycles. The van der Waals surface area contributed by atoms with E-state index in [1.165, 1.54) is 0 Å². The van der Waals surface area contributed by atoms with Crippen LogP contribution in [0, 0.1) is 6.92 Å². The molecule has 3 heterocycles. The number of benzene rings is 1. The fraction of sp³-hybridized carbons (Fsp3) is 0.105. The van der Waals surface area contributed by atoms with Crippen LogP contribution >= 0.6 is 0 Å². The maximum Gasteiger partial charge on any atom is 0.228 e. The van der Waals surface area contributed by atoms with E-state index in [4.69, 9.17) is 4.52 Å². The molecule has 0 fully saturated rings. The van der Waals surface area contributed by atoms with Gasteiger partial charge in [0.25, 0.3) is 0 Å². The Hall–Kier alpha value is -3.61. The number of hydrogen-bond donors (Lipinski definition) is 3. The number of anilines is 3. The molecular formula is C19H17N5O2. The molecule has 0 spiro atoms. The van der Waals surface area contributed by atoms with Crippen LogP contribution in [0.15, 0.2) is 59.4 Å². The third-order valence-electron chi connectivity index (χ3n) is 3.96. The van der Waals surface area contributed by atoms with Crippen LogP contribution in [0.4, 0.5) is 17.3 Å². The molecule has 0 saturated heterocycles. The van der Waals surface area contributed by atoms with E-state index in [1.807, 2.05) is 37.4 Å². The highest BCUT2D eigenvalue weighted by Gasteiger charge is 2.09. The van der Waals surface area contributed by atoms with Gasteiger partial charge in [0.05, 0.1) is 18.3 Å². The maximum absolute atomic E-state index is 12.3. The summed E-state index contributed by atoms with van der Waals surface area (Å²) >= 11 is 0. The molecule has 0 bridgehead atoms. The van der Waals surface area contributed by atoms with Crippen molar-refractivity contribution >= 4 is 34.1 Å². The zero-order valence-electron chi connectivity index (χ0n) is 14.1. The quantitative estimate of drug-likeness (QED) is 0.510. The number of H-pyrrole nitrogens is 1. The third-order valence-corrected chi connectivity index (χ3v) is 3.96. The van der Waals surface area contributed by atoms with Crippen LogP contribution in [0.2, 0.25) is 0 Å². The molecular weight excluding hydrogens is 330 g/mol. The van der Waals surface area contributed by atoms with E-state index in [9.17, 15) is 4.79 Å². The van der Waals surface area contributed by atoms with E-state index in [-0.39, 0.29) is 5.91 Å². The number of nitrogens with zero attached hydrogens (tertiary/aromatic N) is 2. The number of aromatic amines is 1. The van der Waals surface area contributed by atoms with Gasteiger partial charge in [-0.2, -0.15) is 0 Å². The lowest BCUT2D eigenvalue weighted by Gasteiger charge is -2.06. The van der Waals surface area contributed by atoms with Crippen LogP contribution in [0.25, 0.3) is 10.9 Å². The molecule has 3 N–H and O–H groups in total. The number of nitrogens with one attached hydrogen (secondary N) is 3. The van der Waals surface area contributed by atoms with Gasteiger partial charge in [-0.15, -0.1) is 0 Å². The highest BCUT2D eigenvalue weighted by molar-refractivity contribution is 5.95. The number of carbonyl (C=O) groups excluding carboxylic acids is 1. The summed E-state index contributed by atoms with van der Waals surface area (Å²) in [6.07, 6.45) is 3.76. The first-order valence-electron chi connectivity index (χ1n) is 8.18. The number of hydrogen-bond acceptors (Lipinski definition) is 5. The lowest BCUT2D eigenvalue weighted by atomic mass is 10.1. The van der Waals surface area contributed by atoms with E-state index in [0.717, 1.165) is 16.5 Å². The van der Waals surface area contributed by atoms with Crippen molar-refractivity contribution in [3.05, 3.63) is 66.2 Å². The first-order chi connectivity index (χ1) is 12.7. The maximum atomic E-state index is 12.3. The zero-order valence-corrected chi connectivity index (χ0v) is 14.1. The molecule has 1 aromatic carbocycles. The van der Waals surface area contributed by atoms with Gasteiger partial charge in [-0.3, -0.25) is 4.79 Å². The molecule has 26 heavy (non-hydrogen) atoms. The van der Waals surface area contributed by atoms with Gasteiger partial charge in [0.15, 0.2) is 5.82 Å². The molecule has 0 aliphatic heterocycles. The minimum absolute atomic E-state index is 0.0932. The van der Waals surface area contributed by atoms with Gasteiger partial charge < -0.3 is 20.1 Å². The zero-order chi connectivity index (χ0) is 17.9. The Kier molecular flexibility index (Phi) is 4.10. The number of pyridine rings is 1. The summed E-state index contributed by atoms with van der Waals surface area (Å²) in [7, 11) is 0. The molecule has 7 heteroatoms. The Labute approximate surface area is 149 Å². The summed E-state index contributed by atoms with van der Waals surface area (Å²) in [6, 6.07) is 13.2. The Balaban J connectivity index is 1.39. The fourth-order valence-electron chi connectivity index (χ4n) is 2.75.